The van der Waals surface area contributed by atoms with Crippen molar-refractivity contribution in [1.29, 1.82) is 0 Å². The van der Waals surface area contributed by atoms with Crippen molar-refractivity contribution in [2.75, 3.05) is 0 Å². The molecule has 2 heterocycles. The van der Waals surface area contributed by atoms with Gasteiger partial charge in [-0.1, -0.05) is 56.8 Å². The molecule has 1 N–H and O–H groups in total. The lowest BCUT2D eigenvalue weighted by atomic mass is 9.52. The van der Waals surface area contributed by atoms with Crippen LogP contribution in [0.15, 0.2) is 72.8 Å². The van der Waals surface area contributed by atoms with Gasteiger partial charge in [0.15, 0.2) is 23.9 Å². The van der Waals surface area contributed by atoms with E-state index in [1.54, 1.807) is 62.4 Å². The monoisotopic (exact) mass is 776 g/mol. The zero-order valence-electron chi connectivity index (χ0n) is 32.6. The second-order valence-corrected chi connectivity index (χ2v) is 15.7. The van der Waals surface area contributed by atoms with Crippen molar-refractivity contribution in [2.24, 2.45) is 23.7 Å². The molecule has 56 heavy (non-hydrogen) atoms. The SMILES string of the molecule is C=C(C)[C@@]1(OC(=O)c2ccccc2)[C@H](OC(C)=O)[C@@H]2[C@H](OC(C)=O)[C@@]3(C)O[C@]4([C@@H]3OC(=O)c3ccccc3)[C@H](C[C@H](C)[C@@H]4OC(C)=O)[C@@]2(O)[C@H](C)[C@@H]1OC(C)=O. The molecular formula is C42H48O14. The van der Waals surface area contributed by atoms with Gasteiger partial charge in [0.05, 0.1) is 22.6 Å². The highest BCUT2D eigenvalue weighted by atomic mass is 16.7. The van der Waals surface area contributed by atoms with Gasteiger partial charge < -0.3 is 38.3 Å². The van der Waals surface area contributed by atoms with E-state index in [2.05, 4.69) is 6.58 Å². The molecule has 4 aliphatic rings. The highest BCUT2D eigenvalue weighted by Gasteiger charge is 2.89. The Morgan fingerprint density at radius 1 is 0.679 bits per heavy atom. The van der Waals surface area contributed by atoms with E-state index in [4.69, 9.17) is 33.2 Å². The third-order valence-corrected chi connectivity index (χ3v) is 12.1. The van der Waals surface area contributed by atoms with Gasteiger partial charge in [-0.3, -0.25) is 19.2 Å². The van der Waals surface area contributed by atoms with Crippen LogP contribution in [-0.2, 0) is 52.3 Å². The summed E-state index contributed by atoms with van der Waals surface area (Å²) in [6.07, 6.45) is -7.43. The molecule has 2 saturated carbocycles. The molecule has 14 heteroatoms. The van der Waals surface area contributed by atoms with Gasteiger partial charge in [-0.05, 0) is 56.0 Å². The number of rotatable bonds is 9. The summed E-state index contributed by atoms with van der Waals surface area (Å²) in [4.78, 5) is 80.6. The molecule has 0 aromatic heterocycles. The molecular weight excluding hydrogens is 728 g/mol. The van der Waals surface area contributed by atoms with Crippen LogP contribution in [0, 0.1) is 23.7 Å². The summed E-state index contributed by atoms with van der Waals surface area (Å²) < 4.78 is 44.0. The predicted molar refractivity (Wildman–Crippen MR) is 194 cm³/mol. The molecule has 2 aromatic rings. The summed E-state index contributed by atoms with van der Waals surface area (Å²) in [6, 6.07) is 16.0. The van der Waals surface area contributed by atoms with Crippen molar-refractivity contribution in [1.82, 2.24) is 0 Å². The molecule has 4 fully saturated rings. The maximum absolute atomic E-state index is 14.2. The molecule has 2 saturated heterocycles. The summed E-state index contributed by atoms with van der Waals surface area (Å²) in [7, 11) is 0. The maximum Gasteiger partial charge on any atom is 0.339 e. The topological polar surface area (TPSA) is 187 Å². The molecule has 14 nitrogen and oxygen atoms in total. The van der Waals surface area contributed by atoms with Crippen molar-refractivity contribution >= 4 is 35.8 Å². The first-order valence-corrected chi connectivity index (χ1v) is 18.6. The fraction of sp³-hybridized carbons (Fsp3) is 0.524. The smallest absolute Gasteiger partial charge is 0.339 e. The number of ether oxygens (including phenoxy) is 7. The molecule has 300 valence electrons. The molecule has 0 radical (unpaired) electrons. The predicted octanol–water partition coefficient (Wildman–Crippen LogP) is 4.31. The average molecular weight is 777 g/mol. The molecule has 2 aliphatic carbocycles. The van der Waals surface area contributed by atoms with Crippen LogP contribution in [0.2, 0.25) is 0 Å². The van der Waals surface area contributed by atoms with E-state index in [9.17, 15) is 33.9 Å². The van der Waals surface area contributed by atoms with E-state index in [1.165, 1.54) is 32.9 Å². The number of esters is 6. The molecule has 0 amide bonds. The van der Waals surface area contributed by atoms with Crippen LogP contribution in [0.5, 0.6) is 0 Å². The second-order valence-electron chi connectivity index (χ2n) is 15.7. The fourth-order valence-electron chi connectivity index (χ4n) is 10.2. The van der Waals surface area contributed by atoms with Crippen LogP contribution in [0.4, 0.5) is 0 Å². The lowest BCUT2D eigenvalue weighted by Gasteiger charge is -2.62. The molecule has 2 aliphatic heterocycles. The zero-order chi connectivity index (χ0) is 41.1. The highest BCUT2D eigenvalue weighted by Crippen LogP contribution is 2.71. The molecule has 6 rings (SSSR count). The van der Waals surface area contributed by atoms with Crippen molar-refractivity contribution in [3.05, 3.63) is 83.9 Å². The minimum atomic E-state index is -2.24. The standard InChI is InChI=1S/C42H48O14/c1-21(2)41(55-37(48)29-18-14-11-15-19-29)33(51-25(6)44)23(4)40(49)30-20-22(3)32(50-24(5)43)42(30)38(54-36(47)28-16-12-10-13-17-28)39(9,56-42)34(52-26(7)45)31(40)35(41)53-27(8)46/h10-19,22-23,30-35,38,49H,1,20H2,2-9H3/t22-,23+,30+,31-,32-,33-,34-,35+,38+,39+,40-,41-,42+/m0/s1. The second kappa shape index (κ2) is 14.5. The van der Waals surface area contributed by atoms with Crippen molar-refractivity contribution in [3.8, 4) is 0 Å². The number of fused-ring (bicyclic) bond motifs is 3. The van der Waals surface area contributed by atoms with Gasteiger partial charge in [0.2, 0.25) is 5.60 Å². The number of benzene rings is 2. The molecule has 13 atom stereocenters. The number of hydrogen-bond donors (Lipinski definition) is 1. The van der Waals surface area contributed by atoms with Gasteiger partial charge >= 0.3 is 35.8 Å². The van der Waals surface area contributed by atoms with Crippen LogP contribution in [0.1, 0.15) is 82.5 Å². The number of aliphatic hydroxyl groups is 1. The average Bonchev–Trinajstić information content (AvgIpc) is 3.36. The number of hydrogen-bond acceptors (Lipinski definition) is 14. The van der Waals surface area contributed by atoms with E-state index >= 15 is 0 Å². The summed E-state index contributed by atoms with van der Waals surface area (Å²) in [5.41, 5.74) is -7.75. The van der Waals surface area contributed by atoms with Gasteiger partial charge in [0.1, 0.15) is 17.8 Å². The van der Waals surface area contributed by atoms with Crippen LogP contribution in [0.25, 0.3) is 0 Å². The van der Waals surface area contributed by atoms with Crippen LogP contribution < -0.4 is 0 Å². The Bertz CT molecular complexity index is 1930. The number of carbonyl (C=O) groups is 6. The summed E-state index contributed by atoms with van der Waals surface area (Å²) in [5, 5.41) is 13.9. The van der Waals surface area contributed by atoms with Crippen LogP contribution in [-0.4, -0.2) is 93.8 Å². The van der Waals surface area contributed by atoms with Gasteiger partial charge in [-0.15, -0.1) is 0 Å². The van der Waals surface area contributed by atoms with Crippen molar-refractivity contribution in [2.45, 2.75) is 115 Å². The van der Waals surface area contributed by atoms with Crippen molar-refractivity contribution < 1.29 is 67.0 Å². The Kier molecular flexibility index (Phi) is 10.5. The van der Waals surface area contributed by atoms with E-state index in [0.717, 1.165) is 20.8 Å². The third kappa shape index (κ3) is 6.08. The zero-order valence-corrected chi connectivity index (χ0v) is 32.6. The van der Waals surface area contributed by atoms with Gasteiger partial charge in [0, 0.05) is 39.5 Å². The molecule has 2 aromatic carbocycles. The largest absolute Gasteiger partial charge is 0.459 e. The lowest BCUT2D eigenvalue weighted by molar-refractivity contribution is -0.389. The van der Waals surface area contributed by atoms with E-state index in [0.29, 0.717) is 0 Å². The first-order chi connectivity index (χ1) is 26.3. The third-order valence-electron chi connectivity index (χ3n) is 12.1. The van der Waals surface area contributed by atoms with Gasteiger partial charge in [-0.2, -0.15) is 0 Å². The minimum Gasteiger partial charge on any atom is -0.459 e. The first kappa shape index (κ1) is 40.6. The van der Waals surface area contributed by atoms with Crippen molar-refractivity contribution in [3.63, 3.8) is 0 Å². The van der Waals surface area contributed by atoms with E-state index in [1.807, 2.05) is 0 Å². The van der Waals surface area contributed by atoms with Crippen LogP contribution >= 0.6 is 0 Å². The Hall–Kier alpha value is -5.08. The summed E-state index contributed by atoms with van der Waals surface area (Å²) in [5.74, 6) is -9.41. The normalized spacial score (nSPS) is 37.8. The Morgan fingerprint density at radius 2 is 1.14 bits per heavy atom. The Balaban J connectivity index is 1.67. The Morgan fingerprint density at radius 3 is 1.64 bits per heavy atom. The highest BCUT2D eigenvalue weighted by molar-refractivity contribution is 5.90. The summed E-state index contributed by atoms with van der Waals surface area (Å²) in [6.45, 7) is 15.1. The van der Waals surface area contributed by atoms with E-state index < -0.39 is 112 Å². The maximum atomic E-state index is 14.2. The number of carbonyl (C=O) groups excluding carboxylic acids is 6. The molecule has 0 unspecified atom stereocenters. The van der Waals surface area contributed by atoms with Crippen LogP contribution in [0.3, 0.4) is 0 Å². The molecule has 2 bridgehead atoms. The Labute approximate surface area is 324 Å². The lowest BCUT2D eigenvalue weighted by Crippen LogP contribution is -2.80. The fourth-order valence-corrected chi connectivity index (χ4v) is 10.2. The summed E-state index contributed by atoms with van der Waals surface area (Å²) >= 11 is 0. The molecule has 1 spiro atoms. The van der Waals surface area contributed by atoms with Gasteiger partial charge in [0.25, 0.3) is 0 Å². The van der Waals surface area contributed by atoms with E-state index in [-0.39, 0.29) is 23.1 Å². The minimum absolute atomic E-state index is 0.0665. The quantitative estimate of drug-likeness (QED) is 0.216. The first-order valence-electron chi connectivity index (χ1n) is 18.6. The van der Waals surface area contributed by atoms with Gasteiger partial charge in [-0.25, -0.2) is 9.59 Å².